The Morgan fingerprint density at radius 3 is 2.44 bits per heavy atom. The van der Waals surface area contributed by atoms with Crippen LogP contribution in [0.15, 0.2) is 41.6 Å². The fraction of sp³-hybridized carbons (Fsp3) is 0.250. The molecule has 0 aliphatic carbocycles. The van der Waals surface area contributed by atoms with Crippen molar-refractivity contribution in [3.05, 3.63) is 63.9 Å². The van der Waals surface area contributed by atoms with Gasteiger partial charge in [0, 0.05) is 17.7 Å². The number of benzene rings is 2. The molecule has 5 rings (SSSR count). The van der Waals surface area contributed by atoms with Crippen LogP contribution in [0.25, 0.3) is 0 Å². The van der Waals surface area contributed by atoms with Gasteiger partial charge in [0.15, 0.2) is 11.5 Å². The van der Waals surface area contributed by atoms with Crippen molar-refractivity contribution in [3.8, 4) is 11.5 Å². The van der Waals surface area contributed by atoms with E-state index in [4.69, 9.17) is 14.2 Å². The molecule has 5 heteroatoms. The average molecular weight is 335 g/mol. The molecule has 1 N–H and O–H groups in total. The van der Waals surface area contributed by atoms with E-state index in [2.05, 4.69) is 37.4 Å². The highest BCUT2D eigenvalue weighted by atomic mass is 16.7. The van der Waals surface area contributed by atoms with Crippen LogP contribution in [0.3, 0.4) is 0 Å². The molecule has 0 fully saturated rings. The second-order valence-corrected chi connectivity index (χ2v) is 6.74. The molecule has 0 amide bonds. The van der Waals surface area contributed by atoms with Crippen LogP contribution >= 0.6 is 0 Å². The SMILES string of the molecule is Cc1cc(C)cc(C2C3=C(COC3=O)Nc3cc4c(cc32)OCO4)c1. The molecule has 0 bridgehead atoms. The number of rotatable bonds is 1. The zero-order valence-corrected chi connectivity index (χ0v) is 14.0. The second kappa shape index (κ2) is 5.02. The fourth-order valence-corrected chi connectivity index (χ4v) is 3.96. The summed E-state index contributed by atoms with van der Waals surface area (Å²) in [5, 5.41) is 3.35. The van der Waals surface area contributed by atoms with Gasteiger partial charge in [0.2, 0.25) is 6.79 Å². The molecular weight excluding hydrogens is 318 g/mol. The van der Waals surface area contributed by atoms with Gasteiger partial charge in [0.05, 0.1) is 11.3 Å². The summed E-state index contributed by atoms with van der Waals surface area (Å²) in [6, 6.07) is 10.3. The fourth-order valence-electron chi connectivity index (χ4n) is 3.96. The Hall–Kier alpha value is -2.95. The molecule has 5 nitrogen and oxygen atoms in total. The van der Waals surface area contributed by atoms with Crippen LogP contribution in [0.5, 0.6) is 11.5 Å². The summed E-state index contributed by atoms with van der Waals surface area (Å²) < 4.78 is 16.4. The predicted octanol–water partition coefficient (Wildman–Crippen LogP) is 3.40. The highest BCUT2D eigenvalue weighted by Crippen LogP contribution is 2.48. The van der Waals surface area contributed by atoms with Crippen molar-refractivity contribution in [2.75, 3.05) is 18.7 Å². The molecular formula is C20H17NO4. The Morgan fingerprint density at radius 2 is 1.68 bits per heavy atom. The van der Waals surface area contributed by atoms with Gasteiger partial charge in [-0.1, -0.05) is 29.3 Å². The lowest BCUT2D eigenvalue weighted by Gasteiger charge is -2.28. The Kier molecular flexibility index (Phi) is 2.89. The standard InChI is InChI=1S/C20H17NO4/c1-10-3-11(2)5-12(4-10)18-13-6-16-17(25-9-24-16)7-14(13)21-15-8-23-20(22)19(15)18/h3-7,18,21H,8-9H2,1-2H3. The first-order chi connectivity index (χ1) is 12.1. The van der Waals surface area contributed by atoms with E-state index in [1.54, 1.807) is 0 Å². The number of fused-ring (bicyclic) bond motifs is 2. The Bertz CT molecular complexity index is 940. The number of aryl methyl sites for hydroxylation is 2. The van der Waals surface area contributed by atoms with Crippen molar-refractivity contribution >= 4 is 11.7 Å². The van der Waals surface area contributed by atoms with E-state index in [-0.39, 0.29) is 25.3 Å². The summed E-state index contributed by atoms with van der Waals surface area (Å²) >= 11 is 0. The van der Waals surface area contributed by atoms with E-state index in [1.807, 2.05) is 12.1 Å². The first-order valence-corrected chi connectivity index (χ1v) is 8.29. The highest BCUT2D eigenvalue weighted by molar-refractivity contribution is 5.97. The third-order valence-corrected chi connectivity index (χ3v) is 4.90. The van der Waals surface area contributed by atoms with Crippen molar-refractivity contribution in [2.45, 2.75) is 19.8 Å². The average Bonchev–Trinajstić information content (AvgIpc) is 3.16. The summed E-state index contributed by atoms with van der Waals surface area (Å²) in [4.78, 5) is 12.4. The van der Waals surface area contributed by atoms with Crippen LogP contribution in [-0.4, -0.2) is 19.4 Å². The summed E-state index contributed by atoms with van der Waals surface area (Å²) in [6.07, 6.45) is 0. The van der Waals surface area contributed by atoms with Gasteiger partial charge in [-0.2, -0.15) is 0 Å². The molecule has 0 saturated heterocycles. The third kappa shape index (κ3) is 2.12. The molecule has 1 unspecified atom stereocenters. The van der Waals surface area contributed by atoms with Crippen molar-refractivity contribution in [1.82, 2.24) is 0 Å². The maximum Gasteiger partial charge on any atom is 0.337 e. The monoisotopic (exact) mass is 335 g/mol. The summed E-state index contributed by atoms with van der Waals surface area (Å²) in [5.41, 5.74) is 6.90. The van der Waals surface area contributed by atoms with E-state index in [9.17, 15) is 4.79 Å². The lowest BCUT2D eigenvalue weighted by atomic mass is 9.80. The molecule has 25 heavy (non-hydrogen) atoms. The van der Waals surface area contributed by atoms with E-state index >= 15 is 0 Å². The molecule has 3 aliphatic rings. The molecule has 0 aromatic heterocycles. The Balaban J connectivity index is 1.75. The van der Waals surface area contributed by atoms with Gasteiger partial charge in [0.25, 0.3) is 0 Å². The molecule has 3 heterocycles. The Labute approximate surface area is 145 Å². The number of carbonyl (C=O) groups is 1. The van der Waals surface area contributed by atoms with E-state index in [0.717, 1.165) is 28.3 Å². The minimum Gasteiger partial charge on any atom is -0.456 e. The molecule has 126 valence electrons. The first kappa shape index (κ1) is 14.4. The number of nitrogens with one attached hydrogen (secondary N) is 1. The number of carbonyl (C=O) groups excluding carboxylic acids is 1. The van der Waals surface area contributed by atoms with Gasteiger partial charge in [-0.25, -0.2) is 4.79 Å². The van der Waals surface area contributed by atoms with Gasteiger partial charge < -0.3 is 19.5 Å². The van der Waals surface area contributed by atoms with Crippen LogP contribution in [0.2, 0.25) is 0 Å². The van der Waals surface area contributed by atoms with Crippen LogP contribution in [0.1, 0.15) is 28.2 Å². The Morgan fingerprint density at radius 1 is 0.960 bits per heavy atom. The minimum atomic E-state index is -0.255. The maximum atomic E-state index is 12.4. The number of esters is 1. The van der Waals surface area contributed by atoms with Crippen molar-refractivity contribution < 1.29 is 19.0 Å². The van der Waals surface area contributed by atoms with Crippen molar-refractivity contribution in [2.24, 2.45) is 0 Å². The number of cyclic esters (lactones) is 1. The number of hydrogen-bond acceptors (Lipinski definition) is 5. The van der Waals surface area contributed by atoms with Gasteiger partial charge >= 0.3 is 5.97 Å². The molecule has 2 aromatic rings. The van der Waals surface area contributed by atoms with Gasteiger partial charge in [-0.3, -0.25) is 0 Å². The quantitative estimate of drug-likeness (QED) is 0.810. The zero-order chi connectivity index (χ0) is 17.1. The number of anilines is 1. The first-order valence-electron chi connectivity index (χ1n) is 8.29. The molecule has 2 aromatic carbocycles. The summed E-state index contributed by atoms with van der Waals surface area (Å²) in [5.74, 6) is 1.01. The molecule has 0 spiro atoms. The second-order valence-electron chi connectivity index (χ2n) is 6.74. The van der Waals surface area contributed by atoms with Crippen LogP contribution < -0.4 is 14.8 Å². The normalized spacial score (nSPS) is 20.1. The van der Waals surface area contributed by atoms with Crippen LogP contribution in [-0.2, 0) is 9.53 Å². The largest absolute Gasteiger partial charge is 0.456 e. The van der Waals surface area contributed by atoms with Crippen molar-refractivity contribution in [1.29, 1.82) is 0 Å². The van der Waals surface area contributed by atoms with Gasteiger partial charge in [-0.15, -0.1) is 0 Å². The lowest BCUT2D eigenvalue weighted by Crippen LogP contribution is -2.20. The van der Waals surface area contributed by atoms with E-state index in [0.29, 0.717) is 11.3 Å². The van der Waals surface area contributed by atoms with Crippen molar-refractivity contribution in [3.63, 3.8) is 0 Å². The molecule has 0 saturated carbocycles. The van der Waals surface area contributed by atoms with Crippen LogP contribution in [0, 0.1) is 13.8 Å². The zero-order valence-electron chi connectivity index (χ0n) is 14.0. The number of hydrogen-bond donors (Lipinski definition) is 1. The van der Waals surface area contributed by atoms with E-state index in [1.165, 1.54) is 11.1 Å². The van der Waals surface area contributed by atoms with Gasteiger partial charge in [-0.05, 0) is 31.0 Å². The smallest absolute Gasteiger partial charge is 0.337 e. The highest BCUT2D eigenvalue weighted by Gasteiger charge is 2.39. The maximum absolute atomic E-state index is 12.4. The molecule has 1 atom stereocenters. The molecule has 0 radical (unpaired) electrons. The lowest BCUT2D eigenvalue weighted by molar-refractivity contribution is -0.136. The minimum absolute atomic E-state index is 0.172. The van der Waals surface area contributed by atoms with Crippen LogP contribution in [0.4, 0.5) is 5.69 Å². The predicted molar refractivity (Wildman–Crippen MR) is 91.9 cm³/mol. The summed E-state index contributed by atoms with van der Waals surface area (Å²) in [7, 11) is 0. The van der Waals surface area contributed by atoms with E-state index < -0.39 is 0 Å². The van der Waals surface area contributed by atoms with Gasteiger partial charge in [0.1, 0.15) is 6.61 Å². The number of ether oxygens (including phenoxy) is 3. The topological polar surface area (TPSA) is 56.8 Å². The molecule has 3 aliphatic heterocycles. The third-order valence-electron chi connectivity index (χ3n) is 4.90. The summed E-state index contributed by atoms with van der Waals surface area (Å²) in [6.45, 7) is 4.64.